The fourth-order valence-electron chi connectivity index (χ4n) is 3.98. The van der Waals surface area contributed by atoms with E-state index in [2.05, 4.69) is 5.32 Å². The van der Waals surface area contributed by atoms with Gasteiger partial charge in [0.2, 0.25) is 0 Å². The van der Waals surface area contributed by atoms with Gasteiger partial charge in [-0.3, -0.25) is 9.59 Å². The molecule has 4 rings (SSSR count). The zero-order valence-electron chi connectivity index (χ0n) is 18.7. The number of anilines is 1. The average Bonchev–Trinajstić information content (AvgIpc) is 2.88. The molecule has 0 radical (unpaired) electrons. The van der Waals surface area contributed by atoms with Crippen LogP contribution >= 0.6 is 11.6 Å². The van der Waals surface area contributed by atoms with Crippen LogP contribution in [0.25, 0.3) is 0 Å². The highest BCUT2D eigenvalue weighted by atomic mass is 35.5. The molecule has 1 fully saturated rings. The van der Waals surface area contributed by atoms with Crippen molar-refractivity contribution in [2.24, 2.45) is 5.92 Å². The number of para-hydroxylation sites is 1. The number of rotatable bonds is 7. The summed E-state index contributed by atoms with van der Waals surface area (Å²) >= 11 is 6.21. The lowest BCUT2D eigenvalue weighted by atomic mass is 9.97. The van der Waals surface area contributed by atoms with E-state index >= 15 is 0 Å². The van der Waals surface area contributed by atoms with Gasteiger partial charge in [0.15, 0.2) is 0 Å². The van der Waals surface area contributed by atoms with Crippen molar-refractivity contribution in [3.63, 3.8) is 0 Å². The van der Waals surface area contributed by atoms with Gasteiger partial charge in [0, 0.05) is 41.5 Å². The fraction of sp³-hybridized carbons (Fsp3) is 0.259. The highest BCUT2D eigenvalue weighted by Crippen LogP contribution is 2.24. The quantitative estimate of drug-likeness (QED) is 0.500. The molecular formula is C27H27ClN2O4. The van der Waals surface area contributed by atoms with Gasteiger partial charge in [-0.15, -0.1) is 0 Å². The van der Waals surface area contributed by atoms with Crippen molar-refractivity contribution < 1.29 is 19.4 Å². The average molecular weight is 479 g/mol. The topological polar surface area (TPSA) is 78.9 Å². The van der Waals surface area contributed by atoms with E-state index in [1.807, 2.05) is 18.2 Å². The summed E-state index contributed by atoms with van der Waals surface area (Å²) in [7, 11) is 0. The van der Waals surface area contributed by atoms with Crippen molar-refractivity contribution in [2.45, 2.75) is 19.4 Å². The summed E-state index contributed by atoms with van der Waals surface area (Å²) in [6.07, 6.45) is 1.59. The Morgan fingerprint density at radius 2 is 1.74 bits per heavy atom. The van der Waals surface area contributed by atoms with Gasteiger partial charge in [0.1, 0.15) is 12.4 Å². The SMILES string of the molecule is O=C(Nc1cccc(C(=O)N2CCC(CO)CC2)c1)c1ccccc1OCc1ccccc1Cl. The Hall–Kier alpha value is -3.35. The molecule has 3 aromatic rings. The molecule has 2 amide bonds. The number of nitrogens with zero attached hydrogens (tertiary/aromatic N) is 1. The zero-order chi connectivity index (χ0) is 23.9. The molecule has 0 bridgehead atoms. The van der Waals surface area contributed by atoms with Gasteiger partial charge >= 0.3 is 0 Å². The van der Waals surface area contributed by atoms with Crippen LogP contribution < -0.4 is 10.1 Å². The number of hydrogen-bond acceptors (Lipinski definition) is 4. The summed E-state index contributed by atoms with van der Waals surface area (Å²) in [5, 5.41) is 12.8. The van der Waals surface area contributed by atoms with Crippen LogP contribution in [0.15, 0.2) is 72.8 Å². The molecule has 6 nitrogen and oxygen atoms in total. The van der Waals surface area contributed by atoms with Gasteiger partial charge in [-0.2, -0.15) is 0 Å². The molecular weight excluding hydrogens is 452 g/mol. The van der Waals surface area contributed by atoms with Gasteiger partial charge < -0.3 is 20.1 Å². The lowest BCUT2D eigenvalue weighted by molar-refractivity contribution is 0.0650. The van der Waals surface area contributed by atoms with E-state index in [-0.39, 0.29) is 30.9 Å². The molecule has 1 aliphatic heterocycles. The van der Waals surface area contributed by atoms with E-state index < -0.39 is 0 Å². The Bertz CT molecular complexity index is 1160. The van der Waals surface area contributed by atoms with Crippen LogP contribution in [0, 0.1) is 5.92 Å². The Balaban J connectivity index is 1.43. The number of ether oxygens (including phenoxy) is 1. The predicted octanol–water partition coefficient (Wildman–Crippen LogP) is 5.02. The predicted molar refractivity (Wildman–Crippen MR) is 132 cm³/mol. The molecule has 3 aromatic carbocycles. The molecule has 0 aliphatic carbocycles. The molecule has 0 spiro atoms. The molecule has 1 heterocycles. The molecule has 176 valence electrons. The van der Waals surface area contributed by atoms with Crippen LogP contribution in [0.1, 0.15) is 39.1 Å². The zero-order valence-corrected chi connectivity index (χ0v) is 19.5. The highest BCUT2D eigenvalue weighted by Gasteiger charge is 2.23. The first-order valence-electron chi connectivity index (χ1n) is 11.3. The third-order valence-corrected chi connectivity index (χ3v) is 6.37. The van der Waals surface area contributed by atoms with Crippen LogP contribution in [-0.2, 0) is 6.61 Å². The number of carbonyl (C=O) groups excluding carboxylic acids is 2. The number of halogens is 1. The van der Waals surface area contributed by atoms with Gasteiger partial charge in [-0.05, 0) is 55.2 Å². The maximum absolute atomic E-state index is 13.0. The third kappa shape index (κ3) is 5.76. The minimum Gasteiger partial charge on any atom is -0.488 e. The number of aliphatic hydroxyl groups is 1. The molecule has 1 aliphatic rings. The second-order valence-electron chi connectivity index (χ2n) is 8.33. The number of carbonyl (C=O) groups is 2. The van der Waals surface area contributed by atoms with Gasteiger partial charge in [-0.25, -0.2) is 0 Å². The number of amides is 2. The van der Waals surface area contributed by atoms with E-state index in [1.165, 1.54) is 0 Å². The second kappa shape index (κ2) is 11.2. The van der Waals surface area contributed by atoms with Gasteiger partial charge in [-0.1, -0.05) is 48.0 Å². The van der Waals surface area contributed by atoms with Gasteiger partial charge in [0.05, 0.1) is 5.56 Å². The monoisotopic (exact) mass is 478 g/mol. The molecule has 2 N–H and O–H groups in total. The lowest BCUT2D eigenvalue weighted by Crippen LogP contribution is -2.39. The Morgan fingerprint density at radius 3 is 2.50 bits per heavy atom. The van der Waals surface area contributed by atoms with Crippen molar-refractivity contribution in [3.8, 4) is 5.75 Å². The van der Waals surface area contributed by atoms with E-state index in [9.17, 15) is 14.7 Å². The molecule has 0 aromatic heterocycles. The summed E-state index contributed by atoms with van der Waals surface area (Å²) < 4.78 is 5.90. The number of benzene rings is 3. The van der Waals surface area contributed by atoms with Crippen LogP contribution in [0.2, 0.25) is 5.02 Å². The lowest BCUT2D eigenvalue weighted by Gasteiger charge is -2.31. The number of nitrogens with one attached hydrogen (secondary N) is 1. The summed E-state index contributed by atoms with van der Waals surface area (Å²) in [6, 6.07) is 21.3. The van der Waals surface area contributed by atoms with Crippen molar-refractivity contribution in [3.05, 3.63) is 94.5 Å². The van der Waals surface area contributed by atoms with Crippen LogP contribution in [-0.4, -0.2) is 41.5 Å². The molecule has 1 saturated heterocycles. The fourth-order valence-corrected chi connectivity index (χ4v) is 4.17. The maximum atomic E-state index is 13.0. The molecule has 34 heavy (non-hydrogen) atoms. The smallest absolute Gasteiger partial charge is 0.259 e. The molecule has 0 atom stereocenters. The number of piperidine rings is 1. The van der Waals surface area contributed by atoms with E-state index in [0.29, 0.717) is 40.7 Å². The Labute approximate surface area is 204 Å². The standard InChI is InChI=1S/C27H27ClN2O4/c28-24-10-3-1-6-21(24)18-34-25-11-4-2-9-23(25)26(32)29-22-8-5-7-20(16-22)27(33)30-14-12-19(17-31)13-15-30/h1-11,16,19,31H,12-15,17-18H2,(H,29,32). The largest absolute Gasteiger partial charge is 0.488 e. The maximum Gasteiger partial charge on any atom is 0.259 e. The first kappa shape index (κ1) is 23.8. The first-order valence-corrected chi connectivity index (χ1v) is 11.7. The normalized spacial score (nSPS) is 14.0. The molecule has 7 heteroatoms. The van der Waals surface area contributed by atoms with Crippen LogP contribution in [0.4, 0.5) is 5.69 Å². The minimum absolute atomic E-state index is 0.0732. The third-order valence-electron chi connectivity index (χ3n) is 6.00. The highest BCUT2D eigenvalue weighted by molar-refractivity contribution is 6.31. The Morgan fingerprint density at radius 1 is 1.00 bits per heavy atom. The van der Waals surface area contributed by atoms with E-state index in [1.54, 1.807) is 59.5 Å². The second-order valence-corrected chi connectivity index (χ2v) is 8.74. The number of likely N-dealkylation sites (tertiary alicyclic amines) is 1. The minimum atomic E-state index is -0.330. The summed E-state index contributed by atoms with van der Waals surface area (Å²) in [5.74, 6) is 0.299. The van der Waals surface area contributed by atoms with E-state index in [4.69, 9.17) is 16.3 Å². The van der Waals surface area contributed by atoms with Crippen molar-refractivity contribution in [1.82, 2.24) is 4.90 Å². The van der Waals surface area contributed by atoms with E-state index in [0.717, 1.165) is 18.4 Å². The van der Waals surface area contributed by atoms with Crippen molar-refractivity contribution >= 4 is 29.1 Å². The van der Waals surface area contributed by atoms with Crippen LogP contribution in [0.3, 0.4) is 0 Å². The first-order chi connectivity index (χ1) is 16.5. The van der Waals surface area contributed by atoms with Crippen LogP contribution in [0.5, 0.6) is 5.75 Å². The molecule has 0 saturated carbocycles. The summed E-state index contributed by atoms with van der Waals surface area (Å²) in [5.41, 5.74) is 2.26. The Kier molecular flexibility index (Phi) is 7.83. The summed E-state index contributed by atoms with van der Waals surface area (Å²) in [4.78, 5) is 27.7. The van der Waals surface area contributed by atoms with Gasteiger partial charge in [0.25, 0.3) is 11.8 Å². The van der Waals surface area contributed by atoms with Crippen molar-refractivity contribution in [2.75, 3.05) is 25.0 Å². The summed E-state index contributed by atoms with van der Waals surface area (Å²) in [6.45, 7) is 1.64. The number of hydrogen-bond donors (Lipinski definition) is 2. The number of aliphatic hydroxyl groups excluding tert-OH is 1. The molecule has 0 unspecified atom stereocenters. The van der Waals surface area contributed by atoms with Crippen molar-refractivity contribution in [1.29, 1.82) is 0 Å².